The topological polar surface area (TPSA) is 75.4 Å². The maximum Gasteiger partial charge on any atom is 0.224 e. The highest BCUT2D eigenvalue weighted by Gasteiger charge is 2.33. The van der Waals surface area contributed by atoms with Crippen LogP contribution in [-0.2, 0) is 17.6 Å². The highest BCUT2D eigenvalue weighted by atomic mass is 16.3. The van der Waals surface area contributed by atoms with E-state index in [0.717, 1.165) is 23.1 Å². The van der Waals surface area contributed by atoms with Gasteiger partial charge in [-0.25, -0.2) is 0 Å². The number of fused-ring (bicyclic) bond motifs is 1. The van der Waals surface area contributed by atoms with Crippen molar-refractivity contribution in [1.29, 1.82) is 0 Å². The van der Waals surface area contributed by atoms with Crippen molar-refractivity contribution in [2.75, 3.05) is 6.54 Å². The van der Waals surface area contributed by atoms with Gasteiger partial charge < -0.3 is 16.2 Å². The minimum Gasteiger partial charge on any atom is -0.390 e. The van der Waals surface area contributed by atoms with Gasteiger partial charge in [-0.3, -0.25) is 4.79 Å². The molecular formula is C22H28N2O2. The quantitative estimate of drug-likeness (QED) is 0.717. The number of hydrogen-bond acceptors (Lipinski definition) is 3. The number of amides is 1. The third-order valence-corrected chi connectivity index (χ3v) is 5.29. The number of carbonyl (C=O) groups is 1. The SMILES string of the molecule is CC(CN)CC(Cc1ccccc1)C(=O)NC1c2ccccc2CC1O. The molecule has 4 atom stereocenters. The van der Waals surface area contributed by atoms with Crippen LogP contribution in [0.4, 0.5) is 0 Å². The van der Waals surface area contributed by atoms with Crippen molar-refractivity contribution in [2.24, 2.45) is 17.6 Å². The highest BCUT2D eigenvalue weighted by molar-refractivity contribution is 5.79. The van der Waals surface area contributed by atoms with E-state index < -0.39 is 6.10 Å². The van der Waals surface area contributed by atoms with Crippen molar-refractivity contribution in [1.82, 2.24) is 5.32 Å². The highest BCUT2D eigenvalue weighted by Crippen LogP contribution is 2.32. The monoisotopic (exact) mass is 352 g/mol. The second-order valence-corrected chi connectivity index (χ2v) is 7.42. The van der Waals surface area contributed by atoms with Gasteiger partial charge in [-0.15, -0.1) is 0 Å². The molecule has 4 heteroatoms. The lowest BCUT2D eigenvalue weighted by Crippen LogP contribution is -2.39. The van der Waals surface area contributed by atoms with Gasteiger partial charge >= 0.3 is 0 Å². The molecule has 0 saturated carbocycles. The summed E-state index contributed by atoms with van der Waals surface area (Å²) in [7, 11) is 0. The molecular weight excluding hydrogens is 324 g/mol. The summed E-state index contributed by atoms with van der Waals surface area (Å²) in [6.45, 7) is 2.64. The normalized spacial score (nSPS) is 21.0. The van der Waals surface area contributed by atoms with Crippen molar-refractivity contribution in [3.63, 3.8) is 0 Å². The molecule has 4 nitrogen and oxygen atoms in total. The van der Waals surface area contributed by atoms with Gasteiger partial charge in [0.2, 0.25) is 5.91 Å². The van der Waals surface area contributed by atoms with Crippen LogP contribution >= 0.6 is 0 Å². The maximum atomic E-state index is 13.0. The summed E-state index contributed by atoms with van der Waals surface area (Å²) in [5.74, 6) is 0.112. The Morgan fingerprint density at radius 1 is 1.19 bits per heavy atom. The van der Waals surface area contributed by atoms with E-state index in [4.69, 9.17) is 5.73 Å². The van der Waals surface area contributed by atoms with E-state index in [-0.39, 0.29) is 23.8 Å². The lowest BCUT2D eigenvalue weighted by atomic mass is 9.89. The van der Waals surface area contributed by atoms with Gasteiger partial charge in [0.15, 0.2) is 0 Å². The summed E-state index contributed by atoms with van der Waals surface area (Å²) >= 11 is 0. The van der Waals surface area contributed by atoms with Crippen LogP contribution in [0.1, 0.15) is 36.1 Å². The first-order valence-corrected chi connectivity index (χ1v) is 9.38. The standard InChI is InChI=1S/C22H28N2O2/c1-15(14-23)11-18(12-16-7-3-2-4-8-16)22(26)24-21-19-10-6-5-9-17(19)13-20(21)25/h2-10,15,18,20-21,25H,11-14,23H2,1H3,(H,24,26). The molecule has 0 heterocycles. The number of benzene rings is 2. The Kier molecular flexibility index (Phi) is 6.07. The molecule has 0 saturated heterocycles. The molecule has 138 valence electrons. The fourth-order valence-electron chi connectivity index (χ4n) is 3.78. The average Bonchev–Trinajstić information content (AvgIpc) is 2.97. The Morgan fingerprint density at radius 2 is 1.88 bits per heavy atom. The van der Waals surface area contributed by atoms with Gasteiger partial charge in [0.25, 0.3) is 0 Å². The first-order valence-electron chi connectivity index (χ1n) is 9.38. The zero-order valence-electron chi connectivity index (χ0n) is 15.3. The average molecular weight is 352 g/mol. The molecule has 2 aromatic rings. The van der Waals surface area contributed by atoms with E-state index in [1.54, 1.807) is 0 Å². The molecule has 1 aliphatic carbocycles. The van der Waals surface area contributed by atoms with Gasteiger partial charge in [-0.1, -0.05) is 61.5 Å². The Balaban J connectivity index is 1.74. The Morgan fingerprint density at radius 3 is 2.62 bits per heavy atom. The summed E-state index contributed by atoms with van der Waals surface area (Å²) in [5, 5.41) is 13.5. The molecule has 0 aliphatic heterocycles. The van der Waals surface area contributed by atoms with E-state index in [1.165, 1.54) is 0 Å². The number of aliphatic hydroxyl groups excluding tert-OH is 1. The Hall–Kier alpha value is -2.17. The molecule has 0 fully saturated rings. The summed E-state index contributed by atoms with van der Waals surface area (Å²) in [6, 6.07) is 17.7. The Labute approximate surface area is 155 Å². The summed E-state index contributed by atoms with van der Waals surface area (Å²) in [6.07, 6.45) is 1.44. The fourth-order valence-corrected chi connectivity index (χ4v) is 3.78. The van der Waals surface area contributed by atoms with E-state index in [0.29, 0.717) is 19.4 Å². The molecule has 0 spiro atoms. The molecule has 4 N–H and O–H groups in total. The second kappa shape index (κ2) is 8.47. The molecule has 2 aromatic carbocycles. The largest absolute Gasteiger partial charge is 0.390 e. The van der Waals surface area contributed by atoms with Crippen LogP contribution in [0.3, 0.4) is 0 Å². The third kappa shape index (κ3) is 4.32. The number of hydrogen-bond donors (Lipinski definition) is 3. The lowest BCUT2D eigenvalue weighted by Gasteiger charge is -2.24. The van der Waals surface area contributed by atoms with Gasteiger partial charge in [-0.2, -0.15) is 0 Å². The van der Waals surface area contributed by atoms with Crippen LogP contribution in [0.5, 0.6) is 0 Å². The fraction of sp³-hybridized carbons (Fsp3) is 0.409. The van der Waals surface area contributed by atoms with Crippen LogP contribution in [0.25, 0.3) is 0 Å². The number of rotatable bonds is 7. The minimum atomic E-state index is -0.569. The van der Waals surface area contributed by atoms with Gasteiger partial charge in [0, 0.05) is 12.3 Å². The molecule has 26 heavy (non-hydrogen) atoms. The smallest absolute Gasteiger partial charge is 0.224 e. The number of nitrogens with two attached hydrogens (primary N) is 1. The van der Waals surface area contributed by atoms with Crippen LogP contribution in [0.15, 0.2) is 54.6 Å². The molecule has 4 unspecified atom stereocenters. The third-order valence-electron chi connectivity index (χ3n) is 5.29. The molecule has 3 rings (SSSR count). The van der Waals surface area contributed by atoms with Crippen LogP contribution in [0, 0.1) is 11.8 Å². The van der Waals surface area contributed by atoms with E-state index >= 15 is 0 Å². The zero-order valence-corrected chi connectivity index (χ0v) is 15.3. The predicted molar refractivity (Wildman–Crippen MR) is 104 cm³/mol. The predicted octanol–water partition coefficient (Wildman–Crippen LogP) is 2.60. The molecule has 0 aromatic heterocycles. The van der Waals surface area contributed by atoms with Crippen LogP contribution in [-0.4, -0.2) is 23.7 Å². The van der Waals surface area contributed by atoms with Crippen molar-refractivity contribution in [3.05, 3.63) is 71.3 Å². The summed E-state index contributed by atoms with van der Waals surface area (Å²) in [5.41, 5.74) is 9.07. The van der Waals surface area contributed by atoms with Gasteiger partial charge in [0.1, 0.15) is 0 Å². The van der Waals surface area contributed by atoms with E-state index in [2.05, 4.69) is 12.2 Å². The van der Waals surface area contributed by atoms with Gasteiger partial charge in [-0.05, 0) is 42.0 Å². The van der Waals surface area contributed by atoms with Crippen molar-refractivity contribution >= 4 is 5.91 Å². The molecule has 1 amide bonds. The van der Waals surface area contributed by atoms with Crippen LogP contribution in [0.2, 0.25) is 0 Å². The second-order valence-electron chi connectivity index (χ2n) is 7.42. The van der Waals surface area contributed by atoms with Crippen LogP contribution < -0.4 is 11.1 Å². The lowest BCUT2D eigenvalue weighted by molar-refractivity contribution is -0.127. The first-order chi connectivity index (χ1) is 12.6. The van der Waals surface area contributed by atoms with Gasteiger partial charge in [0.05, 0.1) is 12.1 Å². The first kappa shape index (κ1) is 18.6. The number of carbonyl (C=O) groups excluding carboxylic acids is 1. The van der Waals surface area contributed by atoms with Crippen molar-refractivity contribution in [3.8, 4) is 0 Å². The number of aliphatic hydroxyl groups is 1. The maximum absolute atomic E-state index is 13.0. The van der Waals surface area contributed by atoms with Crippen molar-refractivity contribution in [2.45, 2.75) is 38.3 Å². The zero-order chi connectivity index (χ0) is 18.5. The summed E-state index contributed by atoms with van der Waals surface area (Å²) in [4.78, 5) is 13.0. The minimum absolute atomic E-state index is 0.00472. The molecule has 1 aliphatic rings. The van der Waals surface area contributed by atoms with E-state index in [9.17, 15) is 9.90 Å². The summed E-state index contributed by atoms with van der Waals surface area (Å²) < 4.78 is 0. The number of nitrogens with one attached hydrogen (secondary N) is 1. The van der Waals surface area contributed by atoms with Crippen molar-refractivity contribution < 1.29 is 9.90 Å². The molecule has 0 bridgehead atoms. The molecule has 0 radical (unpaired) electrons. The van der Waals surface area contributed by atoms with E-state index in [1.807, 2.05) is 54.6 Å². The Bertz CT molecular complexity index is 732.